The Bertz CT molecular complexity index is 1250. The molecule has 1 fully saturated rings. The second-order valence-corrected chi connectivity index (χ2v) is 8.78. The zero-order chi connectivity index (χ0) is 23.3. The van der Waals surface area contributed by atoms with Crippen LogP contribution in [0.4, 0.5) is 4.39 Å². The number of hydrogen-bond acceptors (Lipinski definition) is 3. The fourth-order valence-corrected chi connectivity index (χ4v) is 4.62. The summed E-state index contributed by atoms with van der Waals surface area (Å²) in [5.74, 6) is 0.187. The number of piperidine rings is 1. The molecule has 1 aliphatic rings. The van der Waals surface area contributed by atoms with Gasteiger partial charge in [-0.3, -0.25) is 14.5 Å². The van der Waals surface area contributed by atoms with Crippen LogP contribution in [0.2, 0.25) is 0 Å². The summed E-state index contributed by atoms with van der Waals surface area (Å²) in [6.07, 6.45) is 6.11. The maximum Gasteiger partial charge on any atom is 0.254 e. The molecular weight excluding hydrogens is 427 g/mol. The van der Waals surface area contributed by atoms with Crippen LogP contribution in [0.5, 0.6) is 0 Å². The van der Waals surface area contributed by atoms with Crippen molar-refractivity contribution in [3.05, 3.63) is 119 Å². The third-order valence-corrected chi connectivity index (χ3v) is 6.47. The van der Waals surface area contributed by atoms with Gasteiger partial charge in [0.25, 0.3) is 5.91 Å². The van der Waals surface area contributed by atoms with Crippen LogP contribution >= 0.6 is 0 Å². The molecule has 4 aromatic rings. The first-order valence-corrected chi connectivity index (χ1v) is 11.7. The number of likely N-dealkylation sites (tertiary alicyclic amines) is 1. The first-order valence-electron chi connectivity index (χ1n) is 11.7. The second-order valence-electron chi connectivity index (χ2n) is 8.78. The number of halogens is 1. The van der Waals surface area contributed by atoms with Crippen molar-refractivity contribution in [3.8, 4) is 0 Å². The Labute approximate surface area is 198 Å². The Hall–Kier alpha value is -3.80. The highest BCUT2D eigenvalue weighted by Crippen LogP contribution is 2.28. The van der Waals surface area contributed by atoms with Crippen LogP contribution in [-0.4, -0.2) is 38.7 Å². The number of nitrogens with zero attached hydrogens (tertiary/aromatic N) is 4. The largest absolute Gasteiger partial charge is 0.339 e. The van der Waals surface area contributed by atoms with Crippen LogP contribution in [0, 0.1) is 5.82 Å². The van der Waals surface area contributed by atoms with Gasteiger partial charge in [-0.1, -0.05) is 36.4 Å². The number of benzene rings is 2. The Morgan fingerprint density at radius 3 is 2.50 bits per heavy atom. The van der Waals surface area contributed by atoms with Gasteiger partial charge in [-0.15, -0.1) is 0 Å². The highest BCUT2D eigenvalue weighted by molar-refractivity contribution is 5.95. The normalized spacial score (nSPS) is 14.3. The third kappa shape index (κ3) is 5.06. The first kappa shape index (κ1) is 22.0. The van der Waals surface area contributed by atoms with Gasteiger partial charge in [0.15, 0.2) is 0 Å². The van der Waals surface area contributed by atoms with E-state index in [4.69, 9.17) is 4.98 Å². The average Bonchev–Trinajstić information content (AvgIpc) is 3.39. The van der Waals surface area contributed by atoms with Gasteiger partial charge in [-0.05, 0) is 60.4 Å². The Morgan fingerprint density at radius 2 is 1.74 bits per heavy atom. The fraction of sp³-hybridized carbons (Fsp3) is 0.250. The van der Waals surface area contributed by atoms with Crippen molar-refractivity contribution < 1.29 is 9.18 Å². The van der Waals surface area contributed by atoms with Crippen LogP contribution < -0.4 is 0 Å². The Morgan fingerprint density at radius 1 is 0.941 bits per heavy atom. The zero-order valence-electron chi connectivity index (χ0n) is 19.0. The van der Waals surface area contributed by atoms with Crippen LogP contribution in [0.25, 0.3) is 0 Å². The van der Waals surface area contributed by atoms with Crippen molar-refractivity contribution in [2.45, 2.75) is 31.7 Å². The van der Waals surface area contributed by atoms with Crippen molar-refractivity contribution in [2.24, 2.45) is 0 Å². The minimum absolute atomic E-state index is 0.0826. The molecule has 34 heavy (non-hydrogen) atoms. The van der Waals surface area contributed by atoms with Crippen molar-refractivity contribution in [1.29, 1.82) is 0 Å². The van der Waals surface area contributed by atoms with E-state index in [1.165, 1.54) is 12.1 Å². The molecule has 2 aromatic carbocycles. The molecule has 1 aliphatic heterocycles. The molecule has 0 bridgehead atoms. The molecule has 0 radical (unpaired) electrons. The number of aromatic nitrogens is 3. The number of carbonyl (C=O) groups excluding carboxylic acids is 1. The minimum atomic E-state index is -0.226. The molecule has 1 amide bonds. The molecule has 6 heteroatoms. The first-order chi connectivity index (χ1) is 16.7. The van der Waals surface area contributed by atoms with Gasteiger partial charge in [0.1, 0.15) is 5.82 Å². The van der Waals surface area contributed by atoms with Crippen LogP contribution in [0.15, 0.2) is 85.2 Å². The van der Waals surface area contributed by atoms with E-state index in [0.29, 0.717) is 32.0 Å². The third-order valence-electron chi connectivity index (χ3n) is 6.47. The van der Waals surface area contributed by atoms with Gasteiger partial charge < -0.3 is 4.90 Å². The molecule has 0 aliphatic carbocycles. The van der Waals surface area contributed by atoms with Gasteiger partial charge in [-0.25, -0.2) is 4.39 Å². The van der Waals surface area contributed by atoms with E-state index < -0.39 is 0 Å². The van der Waals surface area contributed by atoms with Gasteiger partial charge in [0, 0.05) is 54.8 Å². The lowest BCUT2D eigenvalue weighted by molar-refractivity contribution is 0.0710. The lowest BCUT2D eigenvalue weighted by atomic mass is 9.92. The predicted molar refractivity (Wildman–Crippen MR) is 129 cm³/mol. The molecule has 1 saturated heterocycles. The molecule has 5 rings (SSSR count). The maximum absolute atomic E-state index is 13.3. The summed E-state index contributed by atoms with van der Waals surface area (Å²) in [6, 6.07) is 22.4. The van der Waals surface area contributed by atoms with E-state index >= 15 is 0 Å². The highest BCUT2D eigenvalue weighted by atomic mass is 19.1. The molecule has 172 valence electrons. The van der Waals surface area contributed by atoms with Gasteiger partial charge in [0.05, 0.1) is 6.54 Å². The van der Waals surface area contributed by atoms with E-state index in [1.54, 1.807) is 18.3 Å². The second kappa shape index (κ2) is 10.00. The highest BCUT2D eigenvalue weighted by Gasteiger charge is 2.26. The Kier molecular flexibility index (Phi) is 6.47. The number of hydrogen-bond donors (Lipinski definition) is 0. The average molecular weight is 455 g/mol. The summed E-state index contributed by atoms with van der Waals surface area (Å²) in [4.78, 5) is 20.2. The number of carbonyl (C=O) groups is 1. The quantitative estimate of drug-likeness (QED) is 0.408. The number of amides is 1. The Balaban J connectivity index is 1.23. The summed E-state index contributed by atoms with van der Waals surface area (Å²) < 4.78 is 15.0. The maximum atomic E-state index is 13.3. The predicted octanol–water partition coefficient (Wildman–Crippen LogP) is 5.08. The lowest BCUT2D eigenvalue weighted by Gasteiger charge is -2.32. The zero-order valence-corrected chi connectivity index (χ0v) is 19.0. The summed E-state index contributed by atoms with van der Waals surface area (Å²) >= 11 is 0. The van der Waals surface area contributed by atoms with Crippen molar-refractivity contribution >= 4 is 5.91 Å². The van der Waals surface area contributed by atoms with Crippen molar-refractivity contribution in [2.75, 3.05) is 13.1 Å². The minimum Gasteiger partial charge on any atom is -0.339 e. The molecule has 2 aromatic heterocycles. The summed E-state index contributed by atoms with van der Waals surface area (Å²) in [5.41, 5.74) is 4.82. The van der Waals surface area contributed by atoms with Gasteiger partial charge in [-0.2, -0.15) is 5.10 Å². The molecule has 5 nitrogen and oxygen atoms in total. The molecule has 0 unspecified atom stereocenters. The monoisotopic (exact) mass is 454 g/mol. The van der Waals surface area contributed by atoms with Gasteiger partial charge >= 0.3 is 0 Å². The lowest BCUT2D eigenvalue weighted by Crippen LogP contribution is -2.38. The van der Waals surface area contributed by atoms with E-state index in [9.17, 15) is 9.18 Å². The molecule has 0 atom stereocenters. The van der Waals surface area contributed by atoms with Crippen LogP contribution in [0.3, 0.4) is 0 Å². The summed E-state index contributed by atoms with van der Waals surface area (Å²) in [5, 5.41) is 4.27. The molecular formula is C28H27FN4O. The summed E-state index contributed by atoms with van der Waals surface area (Å²) in [6.45, 7) is 2.00. The molecule has 3 heterocycles. The van der Waals surface area contributed by atoms with E-state index in [-0.39, 0.29) is 11.7 Å². The van der Waals surface area contributed by atoms with E-state index in [0.717, 1.165) is 40.9 Å². The van der Waals surface area contributed by atoms with E-state index in [2.05, 4.69) is 11.2 Å². The van der Waals surface area contributed by atoms with Crippen LogP contribution in [-0.2, 0) is 13.0 Å². The standard InChI is InChI=1S/C28H27FN4O/c29-24-11-9-21(10-12-24)19-25-6-3-8-27(31-25)22-13-17-32(18-14-22)28(34)26-7-2-1-5-23(26)20-33-16-4-15-30-33/h1-12,15-16,22H,13-14,17-20H2. The topological polar surface area (TPSA) is 51.0 Å². The smallest absolute Gasteiger partial charge is 0.254 e. The number of pyridine rings is 1. The molecule has 0 N–H and O–H groups in total. The fourth-order valence-electron chi connectivity index (χ4n) is 4.62. The molecule has 0 saturated carbocycles. The van der Waals surface area contributed by atoms with Gasteiger partial charge in [0.2, 0.25) is 0 Å². The van der Waals surface area contributed by atoms with Crippen molar-refractivity contribution in [1.82, 2.24) is 19.7 Å². The summed E-state index contributed by atoms with van der Waals surface area (Å²) in [7, 11) is 0. The van der Waals surface area contributed by atoms with Crippen molar-refractivity contribution in [3.63, 3.8) is 0 Å². The van der Waals surface area contributed by atoms with E-state index in [1.807, 2.05) is 58.2 Å². The van der Waals surface area contributed by atoms with Crippen LogP contribution in [0.1, 0.15) is 51.6 Å². The number of rotatable bonds is 6. The molecule has 0 spiro atoms. The SMILES string of the molecule is O=C(c1ccccc1Cn1cccn1)N1CCC(c2cccc(Cc3ccc(F)cc3)n2)CC1.